The minimum absolute atomic E-state index is 0. The Kier molecular flexibility index (Phi) is 5.01. The van der Waals surface area contributed by atoms with Crippen LogP contribution in [0.25, 0.3) is 33.9 Å². The fourth-order valence-corrected chi connectivity index (χ4v) is 2.44. The van der Waals surface area contributed by atoms with E-state index in [-0.39, 0.29) is 64.0 Å². The van der Waals surface area contributed by atoms with Gasteiger partial charge in [-0.15, -0.1) is 10.2 Å². The first-order chi connectivity index (χ1) is 10.8. The quantitative estimate of drug-likeness (QED) is 0.531. The molecule has 0 aliphatic carbocycles. The molecule has 5 nitrogen and oxygen atoms in total. The Balaban J connectivity index is 0.00000156. The van der Waals surface area contributed by atoms with Gasteiger partial charge in [0.1, 0.15) is 0 Å². The topological polar surface area (TPSA) is 66.9 Å². The molecule has 23 heavy (non-hydrogen) atoms. The molecule has 0 radical (unpaired) electrons. The van der Waals surface area contributed by atoms with Crippen molar-refractivity contribution in [1.29, 1.82) is 0 Å². The van der Waals surface area contributed by atoms with Crippen molar-refractivity contribution in [2.45, 2.75) is 0 Å². The molecule has 0 unspecified atom stereocenters. The van der Waals surface area contributed by atoms with E-state index in [1.54, 1.807) is 4.52 Å². The molecular formula is C17H12N5Rb. The van der Waals surface area contributed by atoms with Crippen molar-refractivity contribution in [2.24, 2.45) is 0 Å². The molecule has 0 fully saturated rings. The van der Waals surface area contributed by atoms with E-state index in [1.807, 2.05) is 66.7 Å². The van der Waals surface area contributed by atoms with E-state index in [2.05, 4.69) is 15.3 Å². The summed E-state index contributed by atoms with van der Waals surface area (Å²) >= 11 is 0. The molecule has 1 N–H and O–H groups in total. The molecule has 0 saturated heterocycles. The molecule has 0 saturated carbocycles. The smallest absolute Gasteiger partial charge is 0.481 e. The van der Waals surface area contributed by atoms with E-state index in [4.69, 9.17) is 5.73 Å². The molecule has 0 aliphatic rings. The summed E-state index contributed by atoms with van der Waals surface area (Å²) in [6, 6.07) is 21.3. The van der Waals surface area contributed by atoms with E-state index in [1.165, 1.54) is 0 Å². The fraction of sp³-hybridized carbons (Fsp3) is 0. The molecule has 2 aromatic heterocycles. The van der Waals surface area contributed by atoms with Crippen LogP contribution in [-0.4, -0.2) is 19.8 Å². The van der Waals surface area contributed by atoms with E-state index in [9.17, 15) is 0 Å². The van der Waals surface area contributed by atoms with Crippen LogP contribution in [0.15, 0.2) is 66.7 Å². The first-order valence-corrected chi connectivity index (χ1v) is 6.92. The summed E-state index contributed by atoms with van der Waals surface area (Å²) in [5.74, 6) is 0.847. The third-order valence-electron chi connectivity index (χ3n) is 3.51. The molecule has 2 aromatic carbocycles. The number of aromatic nitrogens is 4. The van der Waals surface area contributed by atoms with Crippen LogP contribution in [0.1, 0.15) is 0 Å². The van der Waals surface area contributed by atoms with Crippen molar-refractivity contribution >= 4 is 11.5 Å². The number of fused-ring (bicyclic) bond motifs is 1. The molecule has 4 rings (SSSR count). The van der Waals surface area contributed by atoms with Crippen LogP contribution >= 0.6 is 0 Å². The largest absolute Gasteiger partial charge is 1.00 e. The van der Waals surface area contributed by atoms with Crippen molar-refractivity contribution in [3.8, 4) is 22.5 Å². The molecule has 2 heterocycles. The third kappa shape index (κ3) is 3.14. The van der Waals surface area contributed by atoms with Crippen LogP contribution < -0.4 is 58.2 Å². The van der Waals surface area contributed by atoms with Gasteiger partial charge in [0.05, 0.1) is 0 Å². The zero-order valence-electron chi connectivity index (χ0n) is 12.6. The Labute approximate surface area is 182 Å². The molecule has 106 valence electrons. The second-order valence-electron chi connectivity index (χ2n) is 4.93. The van der Waals surface area contributed by atoms with Gasteiger partial charge in [0.15, 0.2) is 11.5 Å². The summed E-state index contributed by atoms with van der Waals surface area (Å²) < 4.78 is 1.62. The monoisotopic (exact) mass is 371 g/mol. The Morgan fingerprint density at radius 1 is 0.783 bits per heavy atom. The van der Waals surface area contributed by atoms with Gasteiger partial charge in [0, 0.05) is 5.56 Å². The van der Waals surface area contributed by atoms with Gasteiger partial charge in [0.2, 0.25) is 0 Å². The molecular weight excluding hydrogens is 360 g/mol. The standard InChI is InChI=1S/C17H12N5.Rb/c18-16-14(12-7-3-1-4-8-12)11-15-19-20-17(22(15)21-16)13-9-5-2-6-10-13;/h1-11H,(H-,18,21);/q-1;+1. The Morgan fingerprint density at radius 3 is 2.04 bits per heavy atom. The molecule has 0 bridgehead atoms. The van der Waals surface area contributed by atoms with Crippen molar-refractivity contribution in [3.63, 3.8) is 0 Å². The van der Waals surface area contributed by atoms with Gasteiger partial charge < -0.3 is 10.8 Å². The Bertz CT molecular complexity index is 935. The normalized spacial score (nSPS) is 10.4. The van der Waals surface area contributed by atoms with Gasteiger partial charge in [-0.1, -0.05) is 60.7 Å². The number of nitrogens with zero attached hydrogens (tertiary/aromatic N) is 4. The maximum absolute atomic E-state index is 8.20. The predicted molar refractivity (Wildman–Crippen MR) is 85.6 cm³/mol. The summed E-state index contributed by atoms with van der Waals surface area (Å²) in [4.78, 5) is 0. The zero-order chi connectivity index (χ0) is 14.9. The molecule has 0 spiro atoms. The Hall–Kier alpha value is -1.40. The summed E-state index contributed by atoms with van der Waals surface area (Å²) in [6.45, 7) is 0. The number of nitrogens with one attached hydrogen (secondary N) is 1. The zero-order valence-corrected chi connectivity index (χ0v) is 17.6. The Morgan fingerprint density at radius 2 is 1.39 bits per heavy atom. The van der Waals surface area contributed by atoms with Crippen LogP contribution in [0.3, 0.4) is 0 Å². The SMILES string of the molecule is [NH-]c1nn2c(-c3ccccc3)nnc2cc1-c1ccccc1.[Rb+]. The molecule has 0 aliphatic heterocycles. The summed E-state index contributed by atoms with van der Waals surface area (Å²) in [6.07, 6.45) is 0. The second-order valence-corrected chi connectivity index (χ2v) is 4.93. The maximum Gasteiger partial charge on any atom is 1.00 e. The van der Waals surface area contributed by atoms with Crippen molar-refractivity contribution in [3.05, 3.63) is 72.5 Å². The van der Waals surface area contributed by atoms with Crippen LogP contribution in [0.4, 0.5) is 5.82 Å². The van der Waals surface area contributed by atoms with Gasteiger partial charge in [0.25, 0.3) is 0 Å². The van der Waals surface area contributed by atoms with Gasteiger partial charge in [-0.25, -0.2) is 0 Å². The molecule has 0 amide bonds. The average molecular weight is 372 g/mol. The van der Waals surface area contributed by atoms with Crippen LogP contribution in [-0.2, 0) is 0 Å². The van der Waals surface area contributed by atoms with E-state index < -0.39 is 0 Å². The van der Waals surface area contributed by atoms with E-state index in [0.717, 1.165) is 16.7 Å². The summed E-state index contributed by atoms with van der Waals surface area (Å²) in [5.41, 5.74) is 11.5. The number of benzene rings is 2. The van der Waals surface area contributed by atoms with Crippen LogP contribution in [0, 0.1) is 0 Å². The molecule has 0 atom stereocenters. The van der Waals surface area contributed by atoms with Gasteiger partial charge in [-0.3, -0.25) is 4.52 Å². The van der Waals surface area contributed by atoms with Gasteiger partial charge in [-0.2, -0.15) is 0 Å². The first-order valence-electron chi connectivity index (χ1n) is 6.92. The summed E-state index contributed by atoms with van der Waals surface area (Å²) in [5, 5.41) is 12.7. The van der Waals surface area contributed by atoms with E-state index >= 15 is 0 Å². The minimum Gasteiger partial charge on any atom is -0.481 e. The van der Waals surface area contributed by atoms with Crippen molar-refractivity contribution in [1.82, 2.24) is 19.8 Å². The number of rotatable bonds is 2. The fourth-order valence-electron chi connectivity index (χ4n) is 2.44. The number of hydrogen-bond acceptors (Lipinski definition) is 3. The minimum atomic E-state index is 0. The third-order valence-corrected chi connectivity index (χ3v) is 3.51. The first kappa shape index (κ1) is 16.5. The predicted octanol–water partition coefficient (Wildman–Crippen LogP) is 1.15. The maximum atomic E-state index is 8.20. The summed E-state index contributed by atoms with van der Waals surface area (Å²) in [7, 11) is 0. The van der Waals surface area contributed by atoms with Crippen molar-refractivity contribution < 1.29 is 58.2 Å². The van der Waals surface area contributed by atoms with E-state index in [0.29, 0.717) is 11.5 Å². The number of hydrogen-bond donors (Lipinski definition) is 0. The average Bonchev–Trinajstić information content (AvgIpc) is 2.98. The van der Waals surface area contributed by atoms with Crippen LogP contribution in [0.2, 0.25) is 0 Å². The molecule has 4 aromatic rings. The second kappa shape index (κ2) is 7.01. The van der Waals surface area contributed by atoms with Crippen molar-refractivity contribution in [2.75, 3.05) is 0 Å². The van der Waals surface area contributed by atoms with Gasteiger partial charge >= 0.3 is 58.2 Å². The van der Waals surface area contributed by atoms with Gasteiger partial charge in [-0.05, 0) is 23.0 Å². The molecule has 6 heteroatoms. The van der Waals surface area contributed by atoms with Crippen LogP contribution in [0.5, 0.6) is 0 Å².